The number of aromatic nitrogens is 2. The molecule has 0 aliphatic carbocycles. The lowest BCUT2D eigenvalue weighted by molar-refractivity contribution is 0.107. The molecule has 0 saturated heterocycles. The summed E-state index contributed by atoms with van der Waals surface area (Å²) in [4.78, 5) is 20.1. The number of ether oxygens (including phenoxy) is 2. The van der Waals surface area contributed by atoms with Crippen molar-refractivity contribution < 1.29 is 13.9 Å². The molecule has 4 heterocycles. The molecular weight excluding hydrogens is 332 g/mol. The lowest BCUT2D eigenvalue weighted by Gasteiger charge is -2.33. The molecule has 0 radical (unpaired) electrons. The number of fused-ring (bicyclic) bond motifs is 7. The summed E-state index contributed by atoms with van der Waals surface area (Å²) in [5.74, 6) is 1.33. The molecule has 5 rings (SSSR count). The maximum atomic E-state index is 12.6. The molecule has 1 aliphatic rings. The second-order valence-electron chi connectivity index (χ2n) is 6.83. The molecule has 0 fully saturated rings. The van der Waals surface area contributed by atoms with Gasteiger partial charge in [0.05, 0.1) is 24.4 Å². The number of hydrogen-bond acceptors (Lipinski definition) is 5. The van der Waals surface area contributed by atoms with E-state index in [4.69, 9.17) is 13.9 Å². The third kappa shape index (κ3) is 1.81. The first-order valence-corrected chi connectivity index (χ1v) is 8.30. The highest BCUT2D eigenvalue weighted by Crippen LogP contribution is 2.49. The molecule has 0 spiro atoms. The minimum atomic E-state index is -0.662. The molecule has 130 valence electrons. The first-order valence-electron chi connectivity index (χ1n) is 8.30. The Morgan fingerprint density at radius 1 is 1.19 bits per heavy atom. The van der Waals surface area contributed by atoms with Crippen molar-refractivity contribution in [3.63, 3.8) is 0 Å². The largest absolute Gasteiger partial charge is 0.496 e. The first-order chi connectivity index (χ1) is 12.5. The van der Waals surface area contributed by atoms with Crippen molar-refractivity contribution in [3.8, 4) is 22.8 Å². The predicted octanol–water partition coefficient (Wildman–Crippen LogP) is 3.97. The van der Waals surface area contributed by atoms with Gasteiger partial charge in [0, 0.05) is 22.7 Å². The second-order valence-corrected chi connectivity index (χ2v) is 6.83. The summed E-state index contributed by atoms with van der Waals surface area (Å²) in [5.41, 5.74) is 2.45. The molecule has 6 nitrogen and oxygen atoms in total. The van der Waals surface area contributed by atoms with Crippen LogP contribution in [-0.4, -0.2) is 17.1 Å². The van der Waals surface area contributed by atoms with Crippen molar-refractivity contribution in [2.24, 2.45) is 0 Å². The summed E-state index contributed by atoms with van der Waals surface area (Å²) in [7, 11) is 1.60. The number of hydrogen-bond donors (Lipinski definition) is 1. The van der Waals surface area contributed by atoms with E-state index in [9.17, 15) is 4.79 Å². The van der Waals surface area contributed by atoms with Gasteiger partial charge in [-0.2, -0.15) is 0 Å². The predicted molar refractivity (Wildman–Crippen MR) is 97.8 cm³/mol. The Labute approximate surface area is 148 Å². The van der Waals surface area contributed by atoms with E-state index in [2.05, 4.69) is 9.97 Å². The van der Waals surface area contributed by atoms with Gasteiger partial charge in [-0.1, -0.05) is 6.07 Å². The van der Waals surface area contributed by atoms with Gasteiger partial charge in [0.25, 0.3) is 0 Å². The number of methoxy groups -OCH3 is 1. The Kier molecular flexibility index (Phi) is 2.82. The number of pyridine rings is 1. The van der Waals surface area contributed by atoms with Crippen LogP contribution in [0.15, 0.2) is 45.9 Å². The van der Waals surface area contributed by atoms with E-state index in [-0.39, 0.29) is 0 Å². The third-order valence-corrected chi connectivity index (χ3v) is 4.89. The van der Waals surface area contributed by atoms with E-state index in [0.29, 0.717) is 22.6 Å². The quantitative estimate of drug-likeness (QED) is 0.527. The molecule has 4 aromatic rings. The van der Waals surface area contributed by atoms with Crippen LogP contribution in [0.2, 0.25) is 0 Å². The van der Waals surface area contributed by atoms with Crippen molar-refractivity contribution in [2.75, 3.05) is 7.11 Å². The molecule has 0 unspecified atom stereocenters. The van der Waals surface area contributed by atoms with E-state index >= 15 is 0 Å². The van der Waals surface area contributed by atoms with Crippen LogP contribution in [0.4, 0.5) is 0 Å². The zero-order chi connectivity index (χ0) is 18.1. The monoisotopic (exact) mass is 348 g/mol. The number of nitrogens with one attached hydrogen (secondary N) is 1. The van der Waals surface area contributed by atoms with Crippen molar-refractivity contribution in [1.82, 2.24) is 9.97 Å². The average Bonchev–Trinajstić information content (AvgIpc) is 3.03. The second kappa shape index (κ2) is 4.88. The molecule has 1 aromatic carbocycles. The van der Waals surface area contributed by atoms with Gasteiger partial charge in [-0.15, -0.1) is 0 Å². The summed E-state index contributed by atoms with van der Waals surface area (Å²) < 4.78 is 17.3. The highest BCUT2D eigenvalue weighted by atomic mass is 16.5. The maximum absolute atomic E-state index is 12.6. The molecule has 26 heavy (non-hydrogen) atoms. The van der Waals surface area contributed by atoms with Gasteiger partial charge in [-0.25, -0.2) is 4.79 Å². The van der Waals surface area contributed by atoms with E-state index in [1.807, 2.05) is 26.0 Å². The Bertz CT molecular complexity index is 1250. The fourth-order valence-corrected chi connectivity index (χ4v) is 3.86. The van der Waals surface area contributed by atoms with Gasteiger partial charge in [-0.3, -0.25) is 4.98 Å². The van der Waals surface area contributed by atoms with Crippen LogP contribution in [0.5, 0.6) is 11.5 Å². The Balaban J connectivity index is 2.06. The van der Waals surface area contributed by atoms with E-state index in [1.54, 1.807) is 31.6 Å². The maximum Gasteiger partial charge on any atom is 0.360 e. The topological polar surface area (TPSA) is 77.3 Å². The number of H-pyrrole nitrogens is 1. The summed E-state index contributed by atoms with van der Waals surface area (Å²) in [5, 5.41) is 1.53. The van der Waals surface area contributed by atoms with E-state index < -0.39 is 11.2 Å². The highest BCUT2D eigenvalue weighted by Gasteiger charge is 2.38. The normalized spacial score (nSPS) is 14.7. The smallest absolute Gasteiger partial charge is 0.360 e. The van der Waals surface area contributed by atoms with Crippen molar-refractivity contribution in [1.29, 1.82) is 0 Å². The van der Waals surface area contributed by atoms with Crippen LogP contribution < -0.4 is 15.1 Å². The van der Waals surface area contributed by atoms with Crippen LogP contribution in [0.3, 0.4) is 0 Å². The molecular formula is C20H16N2O4. The van der Waals surface area contributed by atoms with E-state index in [0.717, 1.165) is 27.6 Å². The standard InChI is InChI=1S/C20H16N2O4/c1-20(2)16-15-14-11(24-3)5-4-6-12(14)25-19(23)18(15)22-17(16)10-7-8-21-9-13(10)26-20/h4-9,22H,1-3H3. The highest BCUT2D eigenvalue weighted by molar-refractivity contribution is 6.11. The zero-order valence-electron chi connectivity index (χ0n) is 14.5. The zero-order valence-corrected chi connectivity index (χ0v) is 14.5. The Hall–Kier alpha value is -3.28. The fraction of sp³-hybridized carbons (Fsp3) is 0.200. The van der Waals surface area contributed by atoms with Crippen LogP contribution in [0, 0.1) is 0 Å². The SMILES string of the molecule is COc1cccc2oc(=O)c3[nH]c4c(c3c12)C(C)(C)Oc1cnccc1-4. The summed E-state index contributed by atoms with van der Waals surface area (Å²) in [6.07, 6.45) is 3.39. The summed E-state index contributed by atoms with van der Waals surface area (Å²) >= 11 is 0. The number of benzene rings is 1. The Morgan fingerprint density at radius 3 is 2.85 bits per heavy atom. The molecule has 6 heteroatoms. The van der Waals surface area contributed by atoms with Crippen molar-refractivity contribution in [3.05, 3.63) is 52.6 Å². The average molecular weight is 348 g/mol. The third-order valence-electron chi connectivity index (χ3n) is 4.89. The number of aromatic amines is 1. The van der Waals surface area contributed by atoms with Crippen LogP contribution in [0.1, 0.15) is 19.4 Å². The van der Waals surface area contributed by atoms with Gasteiger partial charge in [0.2, 0.25) is 0 Å². The van der Waals surface area contributed by atoms with Crippen molar-refractivity contribution in [2.45, 2.75) is 19.4 Å². The van der Waals surface area contributed by atoms with Gasteiger partial charge in [0.15, 0.2) is 0 Å². The van der Waals surface area contributed by atoms with Gasteiger partial charge < -0.3 is 18.9 Å². The van der Waals surface area contributed by atoms with Crippen LogP contribution in [0.25, 0.3) is 33.1 Å². The number of rotatable bonds is 1. The molecule has 1 aliphatic heterocycles. The molecule has 0 bridgehead atoms. The number of nitrogens with zero attached hydrogens (tertiary/aromatic N) is 1. The van der Waals surface area contributed by atoms with Gasteiger partial charge >= 0.3 is 5.63 Å². The summed E-state index contributed by atoms with van der Waals surface area (Å²) in [6.45, 7) is 3.95. The molecule has 3 aromatic heterocycles. The van der Waals surface area contributed by atoms with Crippen molar-refractivity contribution >= 4 is 21.9 Å². The fourth-order valence-electron chi connectivity index (χ4n) is 3.86. The van der Waals surface area contributed by atoms with Crippen LogP contribution in [-0.2, 0) is 5.60 Å². The van der Waals surface area contributed by atoms with Crippen LogP contribution >= 0.6 is 0 Å². The first kappa shape index (κ1) is 15.0. The summed E-state index contributed by atoms with van der Waals surface area (Å²) in [6, 6.07) is 7.31. The molecule has 0 amide bonds. The van der Waals surface area contributed by atoms with E-state index in [1.165, 1.54) is 0 Å². The molecule has 1 N–H and O–H groups in total. The minimum Gasteiger partial charge on any atom is -0.496 e. The lowest BCUT2D eigenvalue weighted by Crippen LogP contribution is -2.29. The minimum absolute atomic E-state index is 0.410. The Morgan fingerprint density at radius 2 is 2.04 bits per heavy atom. The molecule has 0 saturated carbocycles. The van der Waals surface area contributed by atoms with Gasteiger partial charge in [-0.05, 0) is 32.0 Å². The molecule has 0 atom stereocenters. The van der Waals surface area contributed by atoms with Gasteiger partial charge in [0.1, 0.15) is 28.2 Å². The lowest BCUT2D eigenvalue weighted by atomic mass is 9.88.